The second kappa shape index (κ2) is 7.18. The zero-order valence-corrected chi connectivity index (χ0v) is 12.5. The van der Waals surface area contributed by atoms with Gasteiger partial charge in [0.2, 0.25) is 0 Å². The number of sulfone groups is 1. The summed E-state index contributed by atoms with van der Waals surface area (Å²) < 4.78 is 24.6. The van der Waals surface area contributed by atoms with Crippen LogP contribution in [0.25, 0.3) is 0 Å². The molecule has 3 nitrogen and oxygen atoms in total. The van der Waals surface area contributed by atoms with Gasteiger partial charge in [-0.05, 0) is 30.0 Å². The van der Waals surface area contributed by atoms with Gasteiger partial charge in [0.1, 0.15) is 6.29 Å². The Hall–Kier alpha value is -1.94. The Kier molecular flexibility index (Phi) is 5.28. The largest absolute Gasteiger partial charge is 0.303 e. The summed E-state index contributed by atoms with van der Waals surface area (Å²) in [5.41, 5.74) is 1.01. The fourth-order valence-electron chi connectivity index (χ4n) is 2.31. The zero-order valence-electron chi connectivity index (χ0n) is 11.7. The highest BCUT2D eigenvalue weighted by Gasteiger charge is 2.18. The van der Waals surface area contributed by atoms with Crippen LogP contribution in [0.3, 0.4) is 0 Å². The molecule has 0 bridgehead atoms. The number of hydrogen-bond acceptors (Lipinski definition) is 3. The van der Waals surface area contributed by atoms with Gasteiger partial charge in [0.15, 0.2) is 9.84 Å². The summed E-state index contributed by atoms with van der Waals surface area (Å²) in [6.45, 7) is 0. The molecule has 2 rings (SSSR count). The maximum Gasteiger partial charge on any atom is 0.178 e. The van der Waals surface area contributed by atoms with E-state index >= 15 is 0 Å². The molecule has 0 saturated heterocycles. The van der Waals surface area contributed by atoms with Crippen molar-refractivity contribution in [3.63, 3.8) is 0 Å². The molecule has 0 heterocycles. The Morgan fingerprint density at radius 3 is 2.05 bits per heavy atom. The molecule has 110 valence electrons. The van der Waals surface area contributed by atoms with E-state index in [-0.39, 0.29) is 11.7 Å². The van der Waals surface area contributed by atoms with Crippen molar-refractivity contribution in [2.75, 3.05) is 5.75 Å². The van der Waals surface area contributed by atoms with E-state index in [9.17, 15) is 13.2 Å². The fraction of sp³-hybridized carbons (Fsp3) is 0.235. The van der Waals surface area contributed by atoms with Crippen molar-refractivity contribution in [3.8, 4) is 0 Å². The van der Waals surface area contributed by atoms with Crippen molar-refractivity contribution in [1.82, 2.24) is 0 Å². The van der Waals surface area contributed by atoms with Gasteiger partial charge >= 0.3 is 0 Å². The number of rotatable bonds is 7. The smallest absolute Gasteiger partial charge is 0.178 e. The molecule has 0 aromatic heterocycles. The quantitative estimate of drug-likeness (QED) is 0.738. The lowest BCUT2D eigenvalue weighted by Crippen LogP contribution is -2.11. The summed E-state index contributed by atoms with van der Waals surface area (Å²) in [5.74, 6) is -0.00748. The SMILES string of the molecule is O=CCC(CCS(=O)(=O)c1ccccc1)c1ccccc1. The maximum absolute atomic E-state index is 12.3. The van der Waals surface area contributed by atoms with E-state index in [1.807, 2.05) is 30.3 Å². The molecular formula is C17H18O3S. The lowest BCUT2D eigenvalue weighted by atomic mass is 9.94. The Balaban J connectivity index is 2.11. The molecule has 0 N–H and O–H groups in total. The van der Waals surface area contributed by atoms with E-state index in [0.717, 1.165) is 11.8 Å². The van der Waals surface area contributed by atoms with Crippen molar-refractivity contribution < 1.29 is 13.2 Å². The van der Waals surface area contributed by atoms with Crippen LogP contribution in [-0.2, 0) is 14.6 Å². The van der Waals surface area contributed by atoms with Crippen LogP contribution in [0.2, 0.25) is 0 Å². The lowest BCUT2D eigenvalue weighted by molar-refractivity contribution is -0.108. The molecule has 0 saturated carbocycles. The van der Waals surface area contributed by atoms with Gasteiger partial charge in [-0.1, -0.05) is 48.5 Å². The first kappa shape index (κ1) is 15.4. The fourth-order valence-corrected chi connectivity index (χ4v) is 3.71. The van der Waals surface area contributed by atoms with E-state index in [1.54, 1.807) is 30.3 Å². The number of benzene rings is 2. The van der Waals surface area contributed by atoms with Gasteiger partial charge in [-0.3, -0.25) is 0 Å². The Bertz CT molecular complexity index is 664. The van der Waals surface area contributed by atoms with E-state index in [4.69, 9.17) is 0 Å². The molecule has 0 aliphatic heterocycles. The van der Waals surface area contributed by atoms with Crippen molar-refractivity contribution in [2.45, 2.75) is 23.7 Å². The Labute approximate surface area is 125 Å². The van der Waals surface area contributed by atoms with Gasteiger partial charge in [-0.15, -0.1) is 0 Å². The summed E-state index contributed by atoms with van der Waals surface area (Å²) >= 11 is 0. The van der Waals surface area contributed by atoms with Gasteiger partial charge in [0, 0.05) is 6.42 Å². The van der Waals surface area contributed by atoms with Crippen LogP contribution >= 0.6 is 0 Å². The standard InChI is InChI=1S/C17H18O3S/c18-13-11-16(15-7-3-1-4-8-15)12-14-21(19,20)17-9-5-2-6-10-17/h1-10,13,16H,11-12,14H2. The molecule has 0 fully saturated rings. The summed E-state index contributed by atoms with van der Waals surface area (Å²) in [7, 11) is -3.30. The summed E-state index contributed by atoms with van der Waals surface area (Å²) in [4.78, 5) is 11.2. The molecule has 4 heteroatoms. The molecule has 2 aromatic rings. The summed E-state index contributed by atoms with van der Waals surface area (Å²) in [6.07, 6.45) is 1.64. The number of hydrogen-bond donors (Lipinski definition) is 0. The minimum Gasteiger partial charge on any atom is -0.303 e. The second-order valence-corrected chi connectivity index (χ2v) is 7.04. The third-order valence-corrected chi connectivity index (χ3v) is 5.25. The molecule has 1 atom stereocenters. The number of aldehydes is 1. The van der Waals surface area contributed by atoms with Gasteiger partial charge in [-0.25, -0.2) is 8.42 Å². The van der Waals surface area contributed by atoms with Crippen LogP contribution in [0.15, 0.2) is 65.6 Å². The molecule has 0 aliphatic rings. The molecule has 0 amide bonds. The third kappa shape index (κ3) is 4.26. The predicted octanol–water partition coefficient (Wildman–Crippen LogP) is 3.22. The average molecular weight is 302 g/mol. The van der Waals surface area contributed by atoms with Crippen LogP contribution in [0, 0.1) is 0 Å². The Morgan fingerprint density at radius 2 is 1.48 bits per heavy atom. The topological polar surface area (TPSA) is 51.2 Å². The van der Waals surface area contributed by atoms with E-state index in [0.29, 0.717) is 17.7 Å². The van der Waals surface area contributed by atoms with Crippen molar-refractivity contribution in [2.24, 2.45) is 0 Å². The van der Waals surface area contributed by atoms with E-state index in [2.05, 4.69) is 0 Å². The average Bonchev–Trinajstić information content (AvgIpc) is 2.53. The van der Waals surface area contributed by atoms with Crippen LogP contribution in [0.1, 0.15) is 24.3 Å². The normalized spacial score (nSPS) is 12.8. The molecule has 0 spiro atoms. The molecule has 21 heavy (non-hydrogen) atoms. The number of carbonyl (C=O) groups excluding carboxylic acids is 1. The molecular weight excluding hydrogens is 284 g/mol. The molecule has 0 radical (unpaired) electrons. The summed E-state index contributed by atoms with van der Waals surface area (Å²) in [5, 5.41) is 0. The molecule has 1 unspecified atom stereocenters. The third-order valence-electron chi connectivity index (χ3n) is 3.49. The minimum atomic E-state index is -3.30. The van der Waals surface area contributed by atoms with Crippen LogP contribution in [-0.4, -0.2) is 20.5 Å². The van der Waals surface area contributed by atoms with Crippen LogP contribution < -0.4 is 0 Å². The predicted molar refractivity (Wildman–Crippen MR) is 83.0 cm³/mol. The van der Waals surface area contributed by atoms with Crippen molar-refractivity contribution in [3.05, 3.63) is 66.2 Å². The molecule has 2 aromatic carbocycles. The van der Waals surface area contributed by atoms with Gasteiger partial charge in [-0.2, -0.15) is 0 Å². The lowest BCUT2D eigenvalue weighted by Gasteiger charge is -2.14. The maximum atomic E-state index is 12.3. The molecule has 0 aliphatic carbocycles. The summed E-state index contributed by atoms with van der Waals surface area (Å²) in [6, 6.07) is 18.0. The van der Waals surface area contributed by atoms with Crippen molar-refractivity contribution >= 4 is 16.1 Å². The highest BCUT2D eigenvalue weighted by atomic mass is 32.2. The van der Waals surface area contributed by atoms with Crippen molar-refractivity contribution in [1.29, 1.82) is 0 Å². The highest BCUT2D eigenvalue weighted by Crippen LogP contribution is 2.24. The highest BCUT2D eigenvalue weighted by molar-refractivity contribution is 7.91. The van der Waals surface area contributed by atoms with E-state index in [1.165, 1.54) is 0 Å². The van der Waals surface area contributed by atoms with Crippen LogP contribution in [0.4, 0.5) is 0 Å². The first-order chi connectivity index (χ1) is 10.1. The van der Waals surface area contributed by atoms with Gasteiger partial charge in [0.25, 0.3) is 0 Å². The minimum absolute atomic E-state index is 0.0460. The second-order valence-electron chi connectivity index (χ2n) is 4.93. The monoisotopic (exact) mass is 302 g/mol. The number of carbonyl (C=O) groups is 1. The van der Waals surface area contributed by atoms with E-state index < -0.39 is 9.84 Å². The Morgan fingerprint density at radius 1 is 0.905 bits per heavy atom. The van der Waals surface area contributed by atoms with Gasteiger partial charge < -0.3 is 4.79 Å². The van der Waals surface area contributed by atoms with Crippen LogP contribution in [0.5, 0.6) is 0 Å². The zero-order chi connectivity index (χ0) is 15.1. The first-order valence-electron chi connectivity index (χ1n) is 6.90. The van der Waals surface area contributed by atoms with Gasteiger partial charge in [0.05, 0.1) is 10.6 Å². The first-order valence-corrected chi connectivity index (χ1v) is 8.55.